The van der Waals surface area contributed by atoms with Crippen LogP contribution in [0.5, 0.6) is 11.5 Å². The second-order valence-electron chi connectivity index (χ2n) is 7.31. The Hall–Kier alpha value is -3.59. The van der Waals surface area contributed by atoms with E-state index in [-0.39, 0.29) is 6.61 Å². The van der Waals surface area contributed by atoms with Crippen LogP contribution in [0.3, 0.4) is 0 Å². The topological polar surface area (TPSA) is 87.5 Å². The monoisotopic (exact) mass is 510 g/mol. The van der Waals surface area contributed by atoms with E-state index in [0.717, 1.165) is 15.6 Å². The van der Waals surface area contributed by atoms with E-state index in [2.05, 4.69) is 37.9 Å². The highest BCUT2D eigenvalue weighted by Gasteiger charge is 2.34. The summed E-state index contributed by atoms with van der Waals surface area (Å²) in [6.45, 7) is 5.91. The van der Waals surface area contributed by atoms with Crippen LogP contribution in [-0.4, -0.2) is 34.5 Å². The minimum Gasteiger partial charge on any atom is -0.493 e. The fourth-order valence-electron chi connectivity index (χ4n) is 3.64. The molecule has 4 rings (SSSR count). The molecule has 0 bridgehead atoms. The normalized spacial score (nSPS) is 14.8. The van der Waals surface area contributed by atoms with Crippen molar-refractivity contribution < 1.29 is 19.0 Å². The first-order chi connectivity index (χ1) is 16.0. The molecule has 1 atom stereocenters. The van der Waals surface area contributed by atoms with E-state index in [9.17, 15) is 4.79 Å². The Bertz CT molecular complexity index is 1220. The van der Waals surface area contributed by atoms with E-state index in [1.54, 1.807) is 11.8 Å². The number of methoxy groups -OCH3 is 1. The van der Waals surface area contributed by atoms with Crippen molar-refractivity contribution in [3.63, 3.8) is 0 Å². The zero-order chi connectivity index (χ0) is 23.4. The van der Waals surface area contributed by atoms with Gasteiger partial charge in [-0.15, -0.1) is 0 Å². The second-order valence-corrected chi connectivity index (χ2v) is 8.23. The van der Waals surface area contributed by atoms with E-state index >= 15 is 0 Å². The number of ether oxygens (including phenoxy) is 3. The maximum atomic E-state index is 12.9. The fraction of sp³-hybridized carbons (Fsp3) is 0.208. The number of esters is 1. The number of carbonyl (C=O) groups is 1. The molecule has 0 saturated heterocycles. The van der Waals surface area contributed by atoms with Crippen LogP contribution in [0.15, 0.2) is 77.2 Å². The molecule has 9 heteroatoms. The molecule has 170 valence electrons. The Kier molecular flexibility index (Phi) is 6.79. The maximum absolute atomic E-state index is 12.9. The zero-order valence-corrected chi connectivity index (χ0v) is 19.8. The largest absolute Gasteiger partial charge is 0.493 e. The minimum absolute atomic E-state index is 0.109. The summed E-state index contributed by atoms with van der Waals surface area (Å²) >= 11 is 3.47. The number of nitrogens with zero attached hydrogens (tertiary/aromatic N) is 3. The molecule has 3 aromatic rings. The number of anilines is 1. The van der Waals surface area contributed by atoms with Gasteiger partial charge in [-0.25, -0.2) is 9.48 Å². The van der Waals surface area contributed by atoms with E-state index in [1.807, 2.05) is 49.4 Å². The molecule has 33 heavy (non-hydrogen) atoms. The van der Waals surface area contributed by atoms with Crippen molar-refractivity contribution in [2.24, 2.45) is 0 Å². The average Bonchev–Trinajstić information content (AvgIpc) is 3.28. The van der Waals surface area contributed by atoms with Crippen molar-refractivity contribution in [2.45, 2.75) is 19.6 Å². The van der Waals surface area contributed by atoms with Gasteiger partial charge in [-0.1, -0.05) is 46.8 Å². The van der Waals surface area contributed by atoms with Gasteiger partial charge >= 0.3 is 5.97 Å². The van der Waals surface area contributed by atoms with Crippen LogP contribution in [0.1, 0.15) is 24.1 Å². The van der Waals surface area contributed by atoms with Gasteiger partial charge in [0, 0.05) is 10.2 Å². The SMILES string of the molecule is C=CCOC(=O)C1=C(C)Nc2ncnn2C1c1ccc(OCc2cccc(Br)c2)c(OC)c1. The molecule has 0 spiro atoms. The summed E-state index contributed by atoms with van der Waals surface area (Å²) in [6, 6.07) is 12.9. The summed E-state index contributed by atoms with van der Waals surface area (Å²) in [7, 11) is 1.58. The number of rotatable bonds is 8. The van der Waals surface area contributed by atoms with E-state index in [0.29, 0.717) is 35.3 Å². The molecule has 2 heterocycles. The zero-order valence-electron chi connectivity index (χ0n) is 18.2. The predicted octanol–water partition coefficient (Wildman–Crippen LogP) is 4.65. The maximum Gasteiger partial charge on any atom is 0.338 e. The van der Waals surface area contributed by atoms with Gasteiger partial charge in [-0.3, -0.25) is 0 Å². The van der Waals surface area contributed by atoms with Gasteiger partial charge in [0.2, 0.25) is 5.95 Å². The Labute approximate surface area is 200 Å². The summed E-state index contributed by atoms with van der Waals surface area (Å²) in [4.78, 5) is 17.1. The first-order valence-corrected chi connectivity index (χ1v) is 11.0. The Morgan fingerprint density at radius 2 is 2.12 bits per heavy atom. The molecule has 0 amide bonds. The molecule has 0 radical (unpaired) electrons. The quantitative estimate of drug-likeness (QED) is 0.348. The lowest BCUT2D eigenvalue weighted by atomic mass is 9.95. The summed E-state index contributed by atoms with van der Waals surface area (Å²) in [6.07, 6.45) is 2.97. The number of hydrogen-bond donors (Lipinski definition) is 1. The van der Waals surface area contributed by atoms with Gasteiger partial charge < -0.3 is 19.5 Å². The van der Waals surface area contributed by atoms with Crippen LogP contribution in [-0.2, 0) is 16.1 Å². The van der Waals surface area contributed by atoms with Gasteiger partial charge in [0.05, 0.1) is 12.7 Å². The molecule has 1 aliphatic heterocycles. The Morgan fingerprint density at radius 3 is 2.88 bits per heavy atom. The summed E-state index contributed by atoms with van der Waals surface area (Å²) < 4.78 is 19.6. The molecular weight excluding hydrogens is 488 g/mol. The van der Waals surface area contributed by atoms with Crippen molar-refractivity contribution >= 4 is 27.8 Å². The van der Waals surface area contributed by atoms with Gasteiger partial charge in [-0.2, -0.15) is 10.1 Å². The van der Waals surface area contributed by atoms with E-state index in [1.165, 1.54) is 12.4 Å². The van der Waals surface area contributed by atoms with Crippen LogP contribution in [0.2, 0.25) is 0 Å². The van der Waals surface area contributed by atoms with Crippen LogP contribution in [0, 0.1) is 0 Å². The van der Waals surface area contributed by atoms with Crippen molar-refractivity contribution in [2.75, 3.05) is 19.0 Å². The van der Waals surface area contributed by atoms with Crippen LogP contribution in [0.4, 0.5) is 5.95 Å². The molecule has 2 aromatic carbocycles. The highest BCUT2D eigenvalue weighted by atomic mass is 79.9. The number of hydrogen-bond acceptors (Lipinski definition) is 7. The fourth-order valence-corrected chi connectivity index (χ4v) is 4.08. The molecule has 0 fully saturated rings. The Morgan fingerprint density at radius 1 is 1.27 bits per heavy atom. The lowest BCUT2D eigenvalue weighted by molar-refractivity contribution is -0.138. The number of fused-ring (bicyclic) bond motifs is 1. The lowest BCUT2D eigenvalue weighted by Crippen LogP contribution is -2.29. The van der Waals surface area contributed by atoms with Gasteiger partial charge in [0.15, 0.2) is 11.5 Å². The molecule has 0 saturated carbocycles. The third kappa shape index (κ3) is 4.78. The molecule has 1 aromatic heterocycles. The predicted molar refractivity (Wildman–Crippen MR) is 127 cm³/mol. The van der Waals surface area contributed by atoms with Gasteiger partial charge in [0.25, 0.3) is 0 Å². The third-order valence-corrected chi connectivity index (χ3v) is 5.63. The molecule has 8 nitrogen and oxygen atoms in total. The number of carbonyl (C=O) groups excluding carboxylic acids is 1. The van der Waals surface area contributed by atoms with Crippen molar-refractivity contribution in [1.29, 1.82) is 0 Å². The highest BCUT2D eigenvalue weighted by Crippen LogP contribution is 2.39. The van der Waals surface area contributed by atoms with Crippen LogP contribution < -0.4 is 14.8 Å². The first-order valence-electron chi connectivity index (χ1n) is 10.2. The number of benzene rings is 2. The van der Waals surface area contributed by atoms with Crippen molar-refractivity contribution in [1.82, 2.24) is 14.8 Å². The van der Waals surface area contributed by atoms with Gasteiger partial charge in [0.1, 0.15) is 25.6 Å². The number of halogens is 1. The summed E-state index contributed by atoms with van der Waals surface area (Å²) in [5.74, 6) is 1.20. The van der Waals surface area contributed by atoms with E-state index < -0.39 is 12.0 Å². The van der Waals surface area contributed by atoms with Crippen LogP contribution >= 0.6 is 15.9 Å². The average molecular weight is 511 g/mol. The molecule has 1 unspecified atom stereocenters. The first kappa shape index (κ1) is 22.6. The molecule has 0 aliphatic carbocycles. The van der Waals surface area contributed by atoms with Crippen LogP contribution in [0.25, 0.3) is 0 Å². The number of aromatic nitrogens is 3. The third-order valence-electron chi connectivity index (χ3n) is 5.13. The molecule has 1 N–H and O–H groups in total. The summed E-state index contributed by atoms with van der Waals surface area (Å²) in [5, 5.41) is 7.44. The van der Waals surface area contributed by atoms with Crippen molar-refractivity contribution in [3.8, 4) is 11.5 Å². The molecule has 1 aliphatic rings. The number of allylic oxidation sites excluding steroid dienone is 1. The standard InChI is InChI=1S/C24H23BrN4O4/c1-4-10-32-23(30)21-15(2)28-24-26-14-27-29(24)22(21)17-8-9-19(20(12-17)31-3)33-13-16-6-5-7-18(25)11-16/h4-9,11-12,14,22H,1,10,13H2,2-3H3,(H,26,27,28). The van der Waals surface area contributed by atoms with Crippen molar-refractivity contribution in [3.05, 3.63) is 88.3 Å². The second kappa shape index (κ2) is 9.91. The smallest absolute Gasteiger partial charge is 0.338 e. The van der Waals surface area contributed by atoms with E-state index in [4.69, 9.17) is 14.2 Å². The lowest BCUT2D eigenvalue weighted by Gasteiger charge is -2.28. The Balaban J connectivity index is 1.67. The number of nitrogens with one attached hydrogen (secondary N) is 1. The minimum atomic E-state index is -0.547. The molecular formula is C24H23BrN4O4. The van der Waals surface area contributed by atoms with Gasteiger partial charge in [-0.05, 0) is 42.3 Å². The summed E-state index contributed by atoms with van der Waals surface area (Å²) in [5.41, 5.74) is 2.87. The highest BCUT2D eigenvalue weighted by molar-refractivity contribution is 9.10.